The van der Waals surface area contributed by atoms with E-state index in [0.717, 1.165) is 18.7 Å². The van der Waals surface area contributed by atoms with Crippen LogP contribution in [0, 0.1) is 0 Å². The molecule has 102 valence electrons. The number of halogens is 1. The summed E-state index contributed by atoms with van der Waals surface area (Å²) in [4.78, 5) is 1.37. The minimum Gasteiger partial charge on any atom is -0.493 e. The zero-order valence-electron chi connectivity index (χ0n) is 11.0. The van der Waals surface area contributed by atoms with Gasteiger partial charge in [-0.2, -0.15) is 0 Å². The average molecular weight is 299 g/mol. The highest BCUT2D eigenvalue weighted by Crippen LogP contribution is 2.35. The summed E-state index contributed by atoms with van der Waals surface area (Å²) < 4.78 is 10.5. The van der Waals surface area contributed by atoms with E-state index >= 15 is 0 Å². The zero-order chi connectivity index (χ0) is 13.7. The molecule has 0 spiro atoms. The lowest BCUT2D eigenvalue weighted by Crippen LogP contribution is -2.80. The molecule has 1 heterocycles. The molecule has 0 aliphatic carbocycles. The van der Waals surface area contributed by atoms with Crippen LogP contribution in [-0.2, 0) is 13.1 Å². The number of methoxy groups -OCH3 is 2. The molecular formula is C14H17ClNO2S+. The predicted molar refractivity (Wildman–Crippen MR) is 78.2 cm³/mol. The zero-order valence-corrected chi connectivity index (χ0v) is 12.6. The molecule has 0 saturated carbocycles. The van der Waals surface area contributed by atoms with Crippen molar-refractivity contribution in [1.29, 1.82) is 0 Å². The number of benzene rings is 1. The SMILES string of the molecule is COc1cc(C[NH2+]Cc2cccs2)cc(Cl)c1OC. The largest absolute Gasteiger partial charge is 0.493 e. The Kier molecular flexibility index (Phi) is 5.07. The Morgan fingerprint density at radius 2 is 2.05 bits per heavy atom. The fourth-order valence-electron chi connectivity index (χ4n) is 1.90. The van der Waals surface area contributed by atoms with Gasteiger partial charge < -0.3 is 14.8 Å². The molecule has 2 rings (SSSR count). The maximum absolute atomic E-state index is 6.18. The molecule has 0 unspecified atom stereocenters. The number of hydrogen-bond donors (Lipinski definition) is 1. The van der Waals surface area contributed by atoms with E-state index in [4.69, 9.17) is 21.1 Å². The summed E-state index contributed by atoms with van der Waals surface area (Å²) in [5.41, 5.74) is 1.12. The van der Waals surface area contributed by atoms with Gasteiger partial charge in [-0.05, 0) is 23.6 Å². The molecule has 0 amide bonds. The van der Waals surface area contributed by atoms with Crippen molar-refractivity contribution in [2.75, 3.05) is 14.2 Å². The molecule has 0 aliphatic heterocycles. The first kappa shape index (κ1) is 14.2. The molecule has 0 atom stereocenters. The summed E-state index contributed by atoms with van der Waals surface area (Å²) >= 11 is 7.95. The number of quaternary nitrogens is 1. The van der Waals surface area contributed by atoms with Crippen molar-refractivity contribution in [2.45, 2.75) is 13.1 Å². The smallest absolute Gasteiger partial charge is 0.179 e. The van der Waals surface area contributed by atoms with E-state index in [1.165, 1.54) is 4.88 Å². The quantitative estimate of drug-likeness (QED) is 0.890. The number of ether oxygens (including phenoxy) is 2. The third-order valence-corrected chi connectivity index (χ3v) is 3.98. The Bertz CT molecular complexity index is 528. The lowest BCUT2D eigenvalue weighted by molar-refractivity contribution is -0.685. The molecule has 5 heteroatoms. The summed E-state index contributed by atoms with van der Waals surface area (Å²) in [6.45, 7) is 1.83. The van der Waals surface area contributed by atoms with Gasteiger partial charge in [0.25, 0.3) is 0 Å². The van der Waals surface area contributed by atoms with Crippen LogP contribution >= 0.6 is 22.9 Å². The average Bonchev–Trinajstić information content (AvgIpc) is 2.91. The lowest BCUT2D eigenvalue weighted by atomic mass is 10.2. The van der Waals surface area contributed by atoms with Gasteiger partial charge in [-0.25, -0.2) is 0 Å². The summed E-state index contributed by atoms with van der Waals surface area (Å²) in [6.07, 6.45) is 0. The molecule has 1 aromatic carbocycles. The van der Waals surface area contributed by atoms with Gasteiger partial charge >= 0.3 is 0 Å². The van der Waals surface area contributed by atoms with E-state index in [0.29, 0.717) is 16.5 Å². The summed E-state index contributed by atoms with van der Waals surface area (Å²) in [7, 11) is 3.21. The van der Waals surface area contributed by atoms with Crippen LogP contribution in [0.25, 0.3) is 0 Å². The van der Waals surface area contributed by atoms with E-state index in [9.17, 15) is 0 Å². The van der Waals surface area contributed by atoms with Crippen LogP contribution in [0.4, 0.5) is 0 Å². The monoisotopic (exact) mass is 298 g/mol. The second-order valence-corrected chi connectivity index (χ2v) is 5.53. The molecule has 3 nitrogen and oxygen atoms in total. The molecular weight excluding hydrogens is 282 g/mol. The highest BCUT2D eigenvalue weighted by atomic mass is 35.5. The maximum Gasteiger partial charge on any atom is 0.179 e. The normalized spacial score (nSPS) is 10.5. The van der Waals surface area contributed by atoms with Crippen LogP contribution < -0.4 is 14.8 Å². The van der Waals surface area contributed by atoms with Crippen LogP contribution in [0.1, 0.15) is 10.4 Å². The summed E-state index contributed by atoms with van der Waals surface area (Å²) in [5, 5.41) is 4.92. The van der Waals surface area contributed by atoms with Crippen molar-refractivity contribution in [1.82, 2.24) is 0 Å². The van der Waals surface area contributed by atoms with Crippen molar-refractivity contribution in [3.05, 3.63) is 45.1 Å². The van der Waals surface area contributed by atoms with Gasteiger partial charge in [-0.1, -0.05) is 17.7 Å². The molecule has 2 aromatic rings. The minimum atomic E-state index is 0.585. The standard InChI is InChI=1S/C14H16ClNO2S/c1-17-13-7-10(6-12(15)14(13)18-2)8-16-9-11-4-3-5-19-11/h3-7,16H,8-9H2,1-2H3/p+1. The van der Waals surface area contributed by atoms with Gasteiger partial charge in [0.1, 0.15) is 13.1 Å². The van der Waals surface area contributed by atoms with E-state index < -0.39 is 0 Å². The van der Waals surface area contributed by atoms with E-state index in [1.54, 1.807) is 25.6 Å². The molecule has 2 N–H and O–H groups in total. The van der Waals surface area contributed by atoms with Gasteiger partial charge in [0.2, 0.25) is 0 Å². The highest BCUT2D eigenvalue weighted by molar-refractivity contribution is 7.09. The van der Waals surface area contributed by atoms with Crippen molar-refractivity contribution >= 4 is 22.9 Å². The molecule has 0 radical (unpaired) electrons. The van der Waals surface area contributed by atoms with Crippen LogP contribution in [0.15, 0.2) is 29.6 Å². The third-order valence-electron chi connectivity index (χ3n) is 2.80. The second-order valence-electron chi connectivity index (χ2n) is 4.09. The van der Waals surface area contributed by atoms with E-state index in [-0.39, 0.29) is 0 Å². The van der Waals surface area contributed by atoms with Crippen molar-refractivity contribution in [3.8, 4) is 11.5 Å². The molecule has 0 bridgehead atoms. The first-order valence-electron chi connectivity index (χ1n) is 5.99. The van der Waals surface area contributed by atoms with Gasteiger partial charge in [-0.3, -0.25) is 0 Å². The fraction of sp³-hybridized carbons (Fsp3) is 0.286. The number of thiophene rings is 1. The summed E-state index contributed by atoms with van der Waals surface area (Å²) in [6, 6.07) is 8.10. The van der Waals surface area contributed by atoms with Crippen molar-refractivity contribution < 1.29 is 14.8 Å². The van der Waals surface area contributed by atoms with Crippen LogP contribution in [0.3, 0.4) is 0 Å². The van der Waals surface area contributed by atoms with Crippen molar-refractivity contribution in [3.63, 3.8) is 0 Å². The Hall–Kier alpha value is -1.23. The van der Waals surface area contributed by atoms with Crippen LogP contribution in [0.5, 0.6) is 11.5 Å². The molecule has 0 saturated heterocycles. The Labute approximate surface area is 122 Å². The Morgan fingerprint density at radius 1 is 1.21 bits per heavy atom. The van der Waals surface area contributed by atoms with Gasteiger partial charge in [0.15, 0.2) is 11.5 Å². The van der Waals surface area contributed by atoms with E-state index in [2.05, 4.69) is 22.8 Å². The van der Waals surface area contributed by atoms with Crippen LogP contribution in [0.2, 0.25) is 5.02 Å². The highest BCUT2D eigenvalue weighted by Gasteiger charge is 2.11. The van der Waals surface area contributed by atoms with Gasteiger partial charge in [0.05, 0.1) is 24.1 Å². The van der Waals surface area contributed by atoms with Crippen molar-refractivity contribution in [2.24, 2.45) is 0 Å². The first-order valence-corrected chi connectivity index (χ1v) is 7.24. The second kappa shape index (κ2) is 6.80. The minimum absolute atomic E-state index is 0.585. The topological polar surface area (TPSA) is 35.1 Å². The van der Waals surface area contributed by atoms with Gasteiger partial charge in [0, 0.05) is 5.56 Å². The molecule has 1 aromatic heterocycles. The molecule has 0 aliphatic rings. The third kappa shape index (κ3) is 3.62. The Balaban J connectivity index is 2.02. The summed E-state index contributed by atoms with van der Waals surface area (Å²) in [5.74, 6) is 1.26. The lowest BCUT2D eigenvalue weighted by Gasteiger charge is -2.11. The van der Waals surface area contributed by atoms with Crippen LogP contribution in [-0.4, -0.2) is 14.2 Å². The molecule has 19 heavy (non-hydrogen) atoms. The number of hydrogen-bond acceptors (Lipinski definition) is 3. The Morgan fingerprint density at radius 3 is 2.68 bits per heavy atom. The van der Waals surface area contributed by atoms with Gasteiger partial charge in [-0.15, -0.1) is 11.3 Å². The first-order chi connectivity index (χ1) is 9.24. The number of rotatable bonds is 6. The van der Waals surface area contributed by atoms with E-state index in [1.807, 2.05) is 12.1 Å². The predicted octanol–water partition coefficient (Wildman–Crippen LogP) is 2.68. The fourth-order valence-corrected chi connectivity index (χ4v) is 2.91. The molecule has 0 fully saturated rings. The number of nitrogens with two attached hydrogens (primary N) is 1. The maximum atomic E-state index is 6.18.